The largest absolute Gasteiger partial charge is 1.00 e. The Morgan fingerprint density at radius 1 is 1.27 bits per heavy atom. The number of nitrogens with zero attached hydrogens (tertiary/aromatic N) is 1. The third-order valence-corrected chi connectivity index (χ3v) is 1.71. The number of aliphatic imine (C=N–C) groups is 1. The number of hydrogen-bond donors (Lipinski definition) is 1. The van der Waals surface area contributed by atoms with Crippen LogP contribution in [0.3, 0.4) is 0 Å². The molecule has 0 aromatic heterocycles. The van der Waals surface area contributed by atoms with Gasteiger partial charge >= 0.3 is 0 Å². The highest BCUT2D eigenvalue weighted by molar-refractivity contribution is 6.00. The third kappa shape index (κ3) is 1.21. The van der Waals surface area contributed by atoms with Gasteiger partial charge in [-0.15, -0.1) is 0 Å². The molecule has 58 valence electrons. The van der Waals surface area contributed by atoms with E-state index in [2.05, 4.69) is 11.1 Å². The zero-order valence-corrected chi connectivity index (χ0v) is 6.67. The maximum absolute atomic E-state index is 5.60. The summed E-state index contributed by atoms with van der Waals surface area (Å²) in [6.07, 6.45) is 0. The summed E-state index contributed by atoms with van der Waals surface area (Å²) in [6, 6.07) is 8.04. The number of fused-ring (bicyclic) bond motifs is 1. The summed E-state index contributed by atoms with van der Waals surface area (Å²) in [5.74, 6) is 0.676. The smallest absolute Gasteiger partial charge is 0.126 e. The van der Waals surface area contributed by atoms with Crippen LogP contribution in [-0.4, -0.2) is 5.84 Å². The van der Waals surface area contributed by atoms with Crippen molar-refractivity contribution in [1.29, 1.82) is 0 Å². The molecule has 2 rings (SSSR count). The van der Waals surface area contributed by atoms with E-state index in [-0.39, 0.29) is 12.4 Å². The van der Waals surface area contributed by atoms with Crippen LogP contribution in [0.5, 0.6) is 0 Å². The summed E-state index contributed by atoms with van der Waals surface area (Å²) in [7, 11) is 0. The first kappa shape index (κ1) is 8.08. The van der Waals surface area contributed by atoms with E-state index in [1.807, 2.05) is 18.2 Å². The first-order valence-electron chi connectivity index (χ1n) is 3.26. The van der Waals surface area contributed by atoms with Crippen molar-refractivity contribution in [2.45, 2.75) is 6.54 Å². The highest BCUT2D eigenvalue weighted by atomic mass is 35.5. The molecule has 0 atom stereocenters. The minimum absolute atomic E-state index is 0. The van der Waals surface area contributed by atoms with Crippen LogP contribution in [0.4, 0.5) is 0 Å². The molecule has 2 N–H and O–H groups in total. The highest BCUT2D eigenvalue weighted by Gasteiger charge is 2.09. The monoisotopic (exact) mass is 167 g/mol. The standard InChI is InChI=1S/C8H8N2.ClH/c9-8-7-4-2-1-3-6(7)5-10-8;/h1-4H,5H2,(H2,9,10);1H/p-1. The van der Waals surface area contributed by atoms with Crippen molar-refractivity contribution in [3.63, 3.8) is 0 Å². The maximum atomic E-state index is 5.60. The van der Waals surface area contributed by atoms with Crippen LogP contribution in [-0.2, 0) is 6.54 Å². The zero-order valence-electron chi connectivity index (χ0n) is 5.92. The van der Waals surface area contributed by atoms with E-state index in [4.69, 9.17) is 5.73 Å². The van der Waals surface area contributed by atoms with Crippen LogP contribution in [0.2, 0.25) is 0 Å². The molecular formula is C8H8ClN2-. The predicted molar refractivity (Wildman–Crippen MR) is 40.9 cm³/mol. The molecule has 0 saturated carbocycles. The Balaban J connectivity index is 0.000000605. The van der Waals surface area contributed by atoms with E-state index < -0.39 is 0 Å². The van der Waals surface area contributed by atoms with Gasteiger partial charge in [-0.25, -0.2) is 0 Å². The molecule has 0 unspecified atom stereocenters. The lowest BCUT2D eigenvalue weighted by Gasteiger charge is -1.94. The second-order valence-corrected chi connectivity index (χ2v) is 2.36. The van der Waals surface area contributed by atoms with Crippen molar-refractivity contribution in [2.24, 2.45) is 10.7 Å². The molecular weight excluding hydrogens is 160 g/mol. The summed E-state index contributed by atoms with van der Waals surface area (Å²) >= 11 is 0. The normalized spacial score (nSPS) is 13.3. The Bertz CT molecular complexity index is 294. The Morgan fingerprint density at radius 3 is 2.73 bits per heavy atom. The summed E-state index contributed by atoms with van der Waals surface area (Å²) in [6.45, 7) is 0.752. The molecule has 0 amide bonds. The van der Waals surface area contributed by atoms with Crippen molar-refractivity contribution in [3.8, 4) is 0 Å². The second kappa shape index (κ2) is 2.93. The van der Waals surface area contributed by atoms with Gasteiger partial charge in [0.05, 0.1) is 6.54 Å². The maximum Gasteiger partial charge on any atom is 0.126 e. The summed E-state index contributed by atoms with van der Waals surface area (Å²) in [4.78, 5) is 4.10. The van der Waals surface area contributed by atoms with E-state index >= 15 is 0 Å². The number of halogens is 1. The van der Waals surface area contributed by atoms with Gasteiger partial charge in [-0.05, 0) is 5.56 Å². The van der Waals surface area contributed by atoms with Crippen LogP contribution in [0.1, 0.15) is 11.1 Å². The molecule has 11 heavy (non-hydrogen) atoms. The van der Waals surface area contributed by atoms with Crippen molar-refractivity contribution >= 4 is 5.84 Å². The number of benzene rings is 1. The van der Waals surface area contributed by atoms with Gasteiger partial charge in [-0.1, -0.05) is 24.3 Å². The van der Waals surface area contributed by atoms with E-state index in [1.165, 1.54) is 5.56 Å². The Hall–Kier alpha value is -1.02. The number of rotatable bonds is 0. The molecule has 0 fully saturated rings. The molecule has 1 aliphatic rings. The van der Waals surface area contributed by atoms with Crippen LogP contribution in [0.15, 0.2) is 29.3 Å². The first-order chi connectivity index (χ1) is 4.88. The minimum atomic E-state index is 0. The van der Waals surface area contributed by atoms with Gasteiger partial charge in [0, 0.05) is 5.56 Å². The number of hydrogen-bond acceptors (Lipinski definition) is 2. The fourth-order valence-corrected chi connectivity index (χ4v) is 1.16. The van der Waals surface area contributed by atoms with Gasteiger partial charge in [0.25, 0.3) is 0 Å². The van der Waals surface area contributed by atoms with Gasteiger partial charge in [0.1, 0.15) is 5.84 Å². The third-order valence-electron chi connectivity index (χ3n) is 1.71. The van der Waals surface area contributed by atoms with Crippen LogP contribution in [0.25, 0.3) is 0 Å². The molecule has 0 bridgehead atoms. The van der Waals surface area contributed by atoms with Crippen molar-refractivity contribution in [1.82, 2.24) is 0 Å². The van der Waals surface area contributed by atoms with Crippen molar-refractivity contribution < 1.29 is 12.4 Å². The van der Waals surface area contributed by atoms with Gasteiger partial charge in [0.15, 0.2) is 0 Å². The lowest BCUT2D eigenvalue weighted by molar-refractivity contribution is -0.00000214. The Kier molecular flexibility index (Phi) is 2.15. The van der Waals surface area contributed by atoms with Crippen LogP contribution >= 0.6 is 0 Å². The number of amidine groups is 1. The molecule has 1 aromatic carbocycles. The minimum Gasteiger partial charge on any atom is -1.00 e. The predicted octanol–water partition coefficient (Wildman–Crippen LogP) is -2.09. The molecule has 0 aliphatic carbocycles. The lowest BCUT2D eigenvalue weighted by atomic mass is 10.1. The van der Waals surface area contributed by atoms with E-state index in [9.17, 15) is 0 Å². The molecule has 2 nitrogen and oxygen atoms in total. The SMILES string of the molecule is NC1=NCc2ccccc21.[Cl-]. The lowest BCUT2D eigenvalue weighted by Crippen LogP contribution is -3.00. The Labute approximate surface area is 71.5 Å². The van der Waals surface area contributed by atoms with Crippen LogP contribution in [0, 0.1) is 0 Å². The quantitative estimate of drug-likeness (QED) is 0.473. The van der Waals surface area contributed by atoms with E-state index in [0.717, 1.165) is 12.1 Å². The van der Waals surface area contributed by atoms with Gasteiger partial charge in [-0.2, -0.15) is 0 Å². The number of nitrogens with two attached hydrogens (primary N) is 1. The second-order valence-electron chi connectivity index (χ2n) is 2.36. The molecule has 0 radical (unpaired) electrons. The average molecular weight is 168 g/mol. The topological polar surface area (TPSA) is 38.4 Å². The van der Waals surface area contributed by atoms with Crippen molar-refractivity contribution in [3.05, 3.63) is 35.4 Å². The van der Waals surface area contributed by atoms with E-state index in [1.54, 1.807) is 0 Å². The summed E-state index contributed by atoms with van der Waals surface area (Å²) < 4.78 is 0. The fourth-order valence-electron chi connectivity index (χ4n) is 1.16. The van der Waals surface area contributed by atoms with Crippen LogP contribution < -0.4 is 18.1 Å². The van der Waals surface area contributed by atoms with Gasteiger partial charge in [0.2, 0.25) is 0 Å². The highest BCUT2D eigenvalue weighted by Crippen LogP contribution is 2.15. The summed E-state index contributed by atoms with van der Waals surface area (Å²) in [5.41, 5.74) is 7.93. The Morgan fingerprint density at radius 2 is 2.00 bits per heavy atom. The fraction of sp³-hybridized carbons (Fsp3) is 0.125. The van der Waals surface area contributed by atoms with Crippen molar-refractivity contribution in [2.75, 3.05) is 0 Å². The molecule has 3 heteroatoms. The average Bonchev–Trinajstić information content (AvgIpc) is 2.34. The first-order valence-corrected chi connectivity index (χ1v) is 3.26. The molecule has 1 aromatic rings. The molecule has 1 heterocycles. The molecule has 1 aliphatic heterocycles. The van der Waals surface area contributed by atoms with Gasteiger partial charge in [-0.3, -0.25) is 4.99 Å². The molecule has 0 spiro atoms. The zero-order chi connectivity index (χ0) is 6.97. The summed E-state index contributed by atoms with van der Waals surface area (Å²) in [5, 5.41) is 0. The van der Waals surface area contributed by atoms with Gasteiger partial charge < -0.3 is 18.1 Å². The van der Waals surface area contributed by atoms with E-state index in [0.29, 0.717) is 5.84 Å². The molecule has 0 saturated heterocycles.